The van der Waals surface area contributed by atoms with Gasteiger partial charge in [-0.3, -0.25) is 9.78 Å². The van der Waals surface area contributed by atoms with E-state index in [4.69, 9.17) is 10.5 Å². The average molecular weight is 606 g/mol. The molecule has 1 aliphatic carbocycles. The van der Waals surface area contributed by atoms with Crippen LogP contribution in [0.2, 0.25) is 0 Å². The van der Waals surface area contributed by atoms with Crippen LogP contribution in [0.5, 0.6) is 0 Å². The molecule has 8 nitrogen and oxygen atoms in total. The van der Waals surface area contributed by atoms with Crippen LogP contribution in [0.15, 0.2) is 72.4 Å². The number of hydrogen-bond acceptors (Lipinski definition) is 6. The number of nitrogens with zero attached hydrogens (tertiary/aromatic N) is 4. The molecule has 0 spiro atoms. The van der Waals surface area contributed by atoms with Crippen molar-refractivity contribution in [3.8, 4) is 0 Å². The molecule has 1 saturated carbocycles. The van der Waals surface area contributed by atoms with Crippen LogP contribution in [0, 0.1) is 30.7 Å². The van der Waals surface area contributed by atoms with Crippen LogP contribution in [-0.4, -0.2) is 27.5 Å². The molecule has 1 amide bonds. The van der Waals surface area contributed by atoms with Crippen molar-refractivity contribution in [2.24, 2.45) is 16.4 Å². The minimum atomic E-state index is -0.868. The Morgan fingerprint density at radius 2 is 1.87 bits per heavy atom. The number of aryl methyl sites for hydroxylation is 1. The molecule has 0 radical (unpaired) electrons. The van der Waals surface area contributed by atoms with Crippen molar-refractivity contribution < 1.29 is 4.79 Å². The molecule has 2 aromatic carbocycles. The van der Waals surface area contributed by atoms with Gasteiger partial charge in [0, 0.05) is 44.5 Å². The smallest absolute Gasteiger partial charge is 0.231 e. The van der Waals surface area contributed by atoms with Crippen molar-refractivity contribution in [2.75, 3.05) is 17.7 Å². The van der Waals surface area contributed by atoms with Crippen LogP contribution in [0.25, 0.3) is 0 Å². The van der Waals surface area contributed by atoms with E-state index in [-0.39, 0.29) is 11.8 Å². The molecule has 1 aliphatic rings. The molecule has 8 heteroatoms. The first-order chi connectivity index (χ1) is 21.7. The standard InChI is InChI=1S/C37H47N7O/c1-25-14-15-28(22-29(25)24-44-20-19-41-33(44)21-27-11-8-6-7-9-12-27)34(31-16-17-32(39-5)35(43-38)26(31)2)37(3,4)36(45)42-30-13-10-18-40-23-30/h10,13-20,22-23,27,34,38-39H,6-9,11-12,21,24H2,1-5H3,(H,42,45)/t34-/m0/s1. The first-order valence-corrected chi connectivity index (χ1v) is 16.2. The van der Waals surface area contributed by atoms with Crippen LogP contribution >= 0.6 is 0 Å². The summed E-state index contributed by atoms with van der Waals surface area (Å²) >= 11 is 0. The molecule has 0 saturated heterocycles. The Bertz CT molecular complexity index is 1620. The monoisotopic (exact) mass is 605 g/mol. The van der Waals surface area contributed by atoms with E-state index in [1.165, 1.54) is 49.7 Å². The molecule has 5 rings (SSSR count). The average Bonchev–Trinajstić information content (AvgIpc) is 3.29. The molecule has 2 heterocycles. The maximum Gasteiger partial charge on any atom is 0.231 e. The fraction of sp³-hybridized carbons (Fsp3) is 0.432. The molecule has 1 fully saturated rings. The van der Waals surface area contributed by atoms with Crippen LogP contribution in [0.4, 0.5) is 17.1 Å². The van der Waals surface area contributed by atoms with Gasteiger partial charge in [-0.1, -0.05) is 76.6 Å². The largest absolute Gasteiger partial charge is 0.386 e. The third-order valence-corrected chi connectivity index (χ3v) is 9.69. The lowest BCUT2D eigenvalue weighted by molar-refractivity contribution is -0.124. The molecule has 0 bridgehead atoms. The Morgan fingerprint density at radius 1 is 1.09 bits per heavy atom. The molecule has 45 heavy (non-hydrogen) atoms. The normalized spacial score (nSPS) is 14.9. The summed E-state index contributed by atoms with van der Waals surface area (Å²) in [7, 11) is 1.83. The molecular formula is C37H47N7O. The minimum Gasteiger partial charge on any atom is -0.386 e. The number of carbonyl (C=O) groups is 1. The first-order valence-electron chi connectivity index (χ1n) is 16.2. The van der Waals surface area contributed by atoms with Gasteiger partial charge >= 0.3 is 0 Å². The van der Waals surface area contributed by atoms with Gasteiger partial charge in [0.05, 0.1) is 23.0 Å². The number of carbonyl (C=O) groups excluding carboxylic acids is 1. The van der Waals surface area contributed by atoms with E-state index in [0.29, 0.717) is 17.3 Å². The molecule has 0 aliphatic heterocycles. The summed E-state index contributed by atoms with van der Waals surface area (Å²) in [5, 5.41) is 10.1. The quantitative estimate of drug-likeness (QED) is 0.117. The van der Waals surface area contributed by atoms with Gasteiger partial charge in [-0.25, -0.2) is 10.5 Å². The number of aromatic nitrogens is 3. The highest BCUT2D eigenvalue weighted by atomic mass is 16.2. The zero-order chi connectivity index (χ0) is 32.0. The third-order valence-electron chi connectivity index (χ3n) is 9.69. The summed E-state index contributed by atoms with van der Waals surface area (Å²) in [6.45, 7) is 8.85. The van der Waals surface area contributed by atoms with E-state index in [0.717, 1.165) is 41.2 Å². The van der Waals surface area contributed by atoms with Crippen molar-refractivity contribution in [2.45, 2.75) is 85.1 Å². The van der Waals surface area contributed by atoms with Crippen LogP contribution in [-0.2, 0) is 17.8 Å². The highest BCUT2D eigenvalue weighted by molar-refractivity contribution is 5.96. The van der Waals surface area contributed by atoms with Crippen molar-refractivity contribution in [3.05, 3.63) is 101 Å². The second-order valence-corrected chi connectivity index (χ2v) is 13.1. The second kappa shape index (κ2) is 14.2. The van der Waals surface area contributed by atoms with E-state index in [9.17, 15) is 4.79 Å². The zero-order valence-electron chi connectivity index (χ0n) is 27.4. The van der Waals surface area contributed by atoms with Crippen molar-refractivity contribution >= 4 is 23.0 Å². The van der Waals surface area contributed by atoms with Gasteiger partial charge in [-0.05, 0) is 65.8 Å². The van der Waals surface area contributed by atoms with E-state index in [2.05, 4.69) is 62.7 Å². The maximum atomic E-state index is 14.1. The number of benzene rings is 2. The Kier molecular flexibility index (Phi) is 10.1. The molecular weight excluding hydrogens is 558 g/mol. The lowest BCUT2D eigenvalue weighted by atomic mass is 9.69. The topological polar surface area (TPSA) is 108 Å². The van der Waals surface area contributed by atoms with E-state index >= 15 is 0 Å². The van der Waals surface area contributed by atoms with E-state index < -0.39 is 5.41 Å². The SMILES string of the molecule is CNc1ccc([C@H](c2ccc(C)c(Cn3ccnc3CC3CCCCCC3)c2)C(C)(C)C(=O)Nc2cccnc2)c(C)c1N=N. The summed E-state index contributed by atoms with van der Waals surface area (Å²) < 4.78 is 2.30. The van der Waals surface area contributed by atoms with E-state index in [1.54, 1.807) is 12.4 Å². The predicted molar refractivity (Wildman–Crippen MR) is 181 cm³/mol. The Balaban J connectivity index is 1.54. The second-order valence-electron chi connectivity index (χ2n) is 13.1. The summed E-state index contributed by atoms with van der Waals surface area (Å²) in [6.07, 6.45) is 16.3. The number of pyridine rings is 1. The fourth-order valence-electron chi connectivity index (χ4n) is 6.94. The minimum absolute atomic E-state index is 0.107. The highest BCUT2D eigenvalue weighted by Gasteiger charge is 2.40. The molecule has 4 aromatic rings. The van der Waals surface area contributed by atoms with Crippen molar-refractivity contribution in [1.29, 1.82) is 5.53 Å². The van der Waals surface area contributed by atoms with Crippen molar-refractivity contribution in [1.82, 2.24) is 14.5 Å². The lowest BCUT2D eigenvalue weighted by Crippen LogP contribution is -2.37. The molecule has 3 N–H and O–H groups in total. The number of amides is 1. The Hall–Kier alpha value is -4.33. The predicted octanol–water partition coefficient (Wildman–Crippen LogP) is 8.96. The molecule has 236 valence electrons. The molecule has 2 aromatic heterocycles. The van der Waals surface area contributed by atoms with Crippen LogP contribution in [0.1, 0.15) is 91.9 Å². The summed E-state index contributed by atoms with van der Waals surface area (Å²) in [5.41, 5.74) is 14.4. The van der Waals surface area contributed by atoms with E-state index in [1.807, 2.05) is 52.2 Å². The maximum absolute atomic E-state index is 14.1. The number of anilines is 2. The van der Waals surface area contributed by atoms with Crippen LogP contribution < -0.4 is 10.6 Å². The fourth-order valence-corrected chi connectivity index (χ4v) is 6.94. The summed E-state index contributed by atoms with van der Waals surface area (Å²) in [4.78, 5) is 23.0. The highest BCUT2D eigenvalue weighted by Crippen LogP contribution is 2.46. The lowest BCUT2D eigenvalue weighted by Gasteiger charge is -2.35. The van der Waals surface area contributed by atoms with Gasteiger partial charge in [-0.2, -0.15) is 5.11 Å². The van der Waals surface area contributed by atoms with Crippen molar-refractivity contribution in [3.63, 3.8) is 0 Å². The number of nitrogens with one attached hydrogen (secondary N) is 3. The number of imidazole rings is 1. The first kappa shape index (κ1) is 32.1. The van der Waals surface area contributed by atoms with Gasteiger partial charge in [0.25, 0.3) is 0 Å². The Morgan fingerprint density at radius 3 is 2.56 bits per heavy atom. The zero-order valence-corrected chi connectivity index (χ0v) is 27.4. The third kappa shape index (κ3) is 7.16. The van der Waals surface area contributed by atoms with Gasteiger partial charge in [0.1, 0.15) is 11.5 Å². The summed E-state index contributed by atoms with van der Waals surface area (Å²) in [5.74, 6) is 1.43. The van der Waals surface area contributed by atoms with Gasteiger partial charge < -0.3 is 15.2 Å². The van der Waals surface area contributed by atoms with Gasteiger partial charge in [0.2, 0.25) is 5.91 Å². The van der Waals surface area contributed by atoms with Gasteiger partial charge in [-0.15, -0.1) is 0 Å². The van der Waals surface area contributed by atoms with Gasteiger partial charge in [0.15, 0.2) is 0 Å². The Labute approximate surface area is 267 Å². The summed E-state index contributed by atoms with van der Waals surface area (Å²) in [6, 6.07) is 14.3. The molecule has 1 atom stereocenters. The van der Waals surface area contributed by atoms with Crippen LogP contribution in [0.3, 0.4) is 0 Å². The number of rotatable bonds is 11. The molecule has 0 unspecified atom stereocenters. The number of hydrogen-bond donors (Lipinski definition) is 3.